The van der Waals surface area contributed by atoms with Crippen molar-refractivity contribution in [1.29, 1.82) is 0 Å². The lowest BCUT2D eigenvalue weighted by Gasteiger charge is -2.15. The molecule has 2 aromatic carbocycles. The van der Waals surface area contributed by atoms with Gasteiger partial charge >= 0.3 is 5.97 Å². The number of benzene rings is 2. The van der Waals surface area contributed by atoms with E-state index in [1.54, 1.807) is 18.2 Å². The molecule has 0 aliphatic carbocycles. The molecule has 1 N–H and O–H groups in total. The third-order valence-electron chi connectivity index (χ3n) is 3.70. The van der Waals surface area contributed by atoms with Crippen molar-refractivity contribution in [2.75, 3.05) is 20.7 Å². The van der Waals surface area contributed by atoms with Crippen molar-refractivity contribution < 1.29 is 31.5 Å². The van der Waals surface area contributed by atoms with E-state index >= 15 is 0 Å². The second kappa shape index (κ2) is 8.89. The fraction of sp³-hybridized carbons (Fsp3) is 0.222. The Morgan fingerprint density at radius 1 is 1.07 bits per heavy atom. The van der Waals surface area contributed by atoms with Gasteiger partial charge in [0, 0.05) is 20.6 Å². The molecule has 0 bridgehead atoms. The van der Waals surface area contributed by atoms with Crippen molar-refractivity contribution in [3.8, 4) is 0 Å². The molecule has 0 spiro atoms. The fourth-order valence-corrected chi connectivity index (χ4v) is 3.30. The highest BCUT2D eigenvalue weighted by Crippen LogP contribution is 2.18. The predicted molar refractivity (Wildman–Crippen MR) is 95.8 cm³/mol. The number of hydrogen-bond acceptors (Lipinski definition) is 5. The number of esters is 1. The lowest BCUT2D eigenvalue weighted by atomic mass is 10.2. The van der Waals surface area contributed by atoms with E-state index in [4.69, 9.17) is 4.74 Å². The Morgan fingerprint density at radius 3 is 2.39 bits per heavy atom. The smallest absolute Gasteiger partial charge is 0.338 e. The lowest BCUT2D eigenvalue weighted by Crippen LogP contribution is -2.30. The summed E-state index contributed by atoms with van der Waals surface area (Å²) < 4.78 is 56.4. The number of hydrogen-bond donors (Lipinski definition) is 1. The third kappa shape index (κ3) is 5.11. The Labute approximate surface area is 161 Å². The van der Waals surface area contributed by atoms with Crippen molar-refractivity contribution in [2.45, 2.75) is 11.4 Å². The summed E-state index contributed by atoms with van der Waals surface area (Å²) in [6.07, 6.45) is 0. The third-order valence-corrected chi connectivity index (χ3v) is 5.61. The first-order valence-corrected chi connectivity index (χ1v) is 9.46. The molecule has 0 unspecified atom stereocenters. The maximum absolute atomic E-state index is 13.1. The number of rotatable bonds is 7. The van der Waals surface area contributed by atoms with Crippen LogP contribution in [0.25, 0.3) is 0 Å². The van der Waals surface area contributed by atoms with E-state index in [0.29, 0.717) is 11.6 Å². The van der Waals surface area contributed by atoms with Crippen LogP contribution in [0.4, 0.5) is 8.78 Å². The monoisotopic (exact) mass is 412 g/mol. The molecule has 0 fully saturated rings. The standard InChI is InChI=1S/C18H18F2N2O5S/c1-22(2)28(25,26)16-6-4-3-5-13(16)10-21-17(23)11-27-18(24)12-7-8-14(19)15(20)9-12/h3-9H,10-11H2,1-2H3,(H,21,23). The quantitative estimate of drug-likeness (QED) is 0.699. The summed E-state index contributed by atoms with van der Waals surface area (Å²) in [6, 6.07) is 8.61. The van der Waals surface area contributed by atoms with Crippen molar-refractivity contribution in [3.63, 3.8) is 0 Å². The Morgan fingerprint density at radius 2 is 1.75 bits per heavy atom. The number of carbonyl (C=O) groups is 2. The molecule has 0 radical (unpaired) electrons. The molecule has 2 aromatic rings. The maximum Gasteiger partial charge on any atom is 0.338 e. The zero-order valence-electron chi connectivity index (χ0n) is 15.1. The second-order valence-corrected chi connectivity index (χ2v) is 8.00. The van der Waals surface area contributed by atoms with Gasteiger partial charge in [0.05, 0.1) is 10.5 Å². The van der Waals surface area contributed by atoms with Gasteiger partial charge in [0.1, 0.15) is 0 Å². The van der Waals surface area contributed by atoms with E-state index in [1.165, 1.54) is 20.2 Å². The Hall–Kier alpha value is -2.85. The van der Waals surface area contributed by atoms with Crippen LogP contribution in [0.2, 0.25) is 0 Å². The van der Waals surface area contributed by atoms with Gasteiger partial charge in [-0.2, -0.15) is 0 Å². The highest BCUT2D eigenvalue weighted by molar-refractivity contribution is 7.89. The molecule has 0 heterocycles. The number of ether oxygens (including phenoxy) is 1. The van der Waals surface area contributed by atoms with Crippen molar-refractivity contribution >= 4 is 21.9 Å². The van der Waals surface area contributed by atoms with Gasteiger partial charge in [-0.15, -0.1) is 0 Å². The topological polar surface area (TPSA) is 92.8 Å². The van der Waals surface area contributed by atoms with Crippen molar-refractivity contribution in [3.05, 3.63) is 65.2 Å². The average molecular weight is 412 g/mol. The van der Waals surface area contributed by atoms with Gasteiger partial charge in [-0.1, -0.05) is 18.2 Å². The van der Waals surface area contributed by atoms with Crippen LogP contribution in [0.1, 0.15) is 15.9 Å². The molecular formula is C18H18F2N2O5S. The van der Waals surface area contributed by atoms with Crippen molar-refractivity contribution in [1.82, 2.24) is 9.62 Å². The summed E-state index contributed by atoms with van der Waals surface area (Å²) in [5.41, 5.74) is 0.116. The number of halogens is 2. The number of nitrogens with one attached hydrogen (secondary N) is 1. The molecule has 28 heavy (non-hydrogen) atoms. The van der Waals surface area contributed by atoms with E-state index in [2.05, 4.69) is 5.32 Å². The van der Waals surface area contributed by atoms with Crippen molar-refractivity contribution in [2.24, 2.45) is 0 Å². The molecule has 7 nitrogen and oxygen atoms in total. The van der Waals surface area contributed by atoms with Gasteiger partial charge in [0.25, 0.3) is 5.91 Å². The predicted octanol–water partition coefficient (Wildman–Crippen LogP) is 1.69. The molecule has 1 amide bonds. The van der Waals surface area contributed by atoms with E-state index < -0.39 is 40.1 Å². The molecule has 0 aromatic heterocycles. The van der Waals surface area contributed by atoms with Gasteiger partial charge in [-0.05, 0) is 29.8 Å². The minimum atomic E-state index is -3.69. The fourth-order valence-electron chi connectivity index (χ4n) is 2.18. The molecular weight excluding hydrogens is 394 g/mol. The molecule has 10 heteroatoms. The zero-order valence-corrected chi connectivity index (χ0v) is 15.9. The van der Waals surface area contributed by atoms with Crippen LogP contribution in [-0.2, 0) is 26.1 Å². The zero-order chi connectivity index (χ0) is 20.9. The van der Waals surface area contributed by atoms with Gasteiger partial charge in [-0.25, -0.2) is 26.3 Å². The van der Waals surface area contributed by atoms with E-state index in [1.807, 2.05) is 0 Å². The van der Waals surface area contributed by atoms with Crippen LogP contribution in [0.15, 0.2) is 47.4 Å². The first-order chi connectivity index (χ1) is 13.1. The molecule has 0 aliphatic heterocycles. The SMILES string of the molecule is CN(C)S(=O)(=O)c1ccccc1CNC(=O)COC(=O)c1ccc(F)c(F)c1. The average Bonchev–Trinajstić information content (AvgIpc) is 2.66. The Bertz CT molecular complexity index is 993. The minimum absolute atomic E-state index is 0.0408. The van der Waals surface area contributed by atoms with Gasteiger partial charge in [0.2, 0.25) is 10.0 Å². The maximum atomic E-state index is 13.1. The summed E-state index contributed by atoms with van der Waals surface area (Å²) in [4.78, 5) is 23.7. The normalized spacial score (nSPS) is 11.3. The van der Waals surface area contributed by atoms with Gasteiger partial charge in [-0.3, -0.25) is 4.79 Å². The largest absolute Gasteiger partial charge is 0.452 e. The van der Waals surface area contributed by atoms with E-state index in [9.17, 15) is 26.8 Å². The van der Waals surface area contributed by atoms with Gasteiger partial charge < -0.3 is 10.1 Å². The Balaban J connectivity index is 1.96. The van der Waals surface area contributed by atoms with Crippen LogP contribution in [0.3, 0.4) is 0 Å². The van der Waals surface area contributed by atoms with Crippen LogP contribution < -0.4 is 5.32 Å². The highest BCUT2D eigenvalue weighted by Gasteiger charge is 2.21. The summed E-state index contributed by atoms with van der Waals surface area (Å²) in [7, 11) is -0.912. The number of carbonyl (C=O) groups excluding carboxylic acids is 2. The molecule has 150 valence electrons. The molecule has 0 atom stereocenters. The molecule has 2 rings (SSSR count). The molecule has 0 saturated heterocycles. The lowest BCUT2D eigenvalue weighted by molar-refractivity contribution is -0.124. The number of nitrogens with zero attached hydrogens (tertiary/aromatic N) is 1. The summed E-state index contributed by atoms with van der Waals surface area (Å²) in [5, 5.41) is 2.44. The summed E-state index contributed by atoms with van der Waals surface area (Å²) >= 11 is 0. The van der Waals surface area contributed by atoms with Crippen LogP contribution >= 0.6 is 0 Å². The van der Waals surface area contributed by atoms with Crippen LogP contribution in [0, 0.1) is 11.6 Å². The van der Waals surface area contributed by atoms with E-state index in [-0.39, 0.29) is 17.0 Å². The van der Waals surface area contributed by atoms with Crippen LogP contribution in [-0.4, -0.2) is 45.3 Å². The van der Waals surface area contributed by atoms with Gasteiger partial charge in [0.15, 0.2) is 18.2 Å². The Kier molecular flexibility index (Phi) is 6.81. The molecule has 0 aliphatic rings. The highest BCUT2D eigenvalue weighted by atomic mass is 32.2. The first-order valence-electron chi connectivity index (χ1n) is 8.02. The van der Waals surface area contributed by atoms with Crippen LogP contribution in [0.5, 0.6) is 0 Å². The number of sulfonamides is 1. The second-order valence-electron chi connectivity index (χ2n) is 5.88. The first kappa shape index (κ1) is 21.5. The van der Waals surface area contributed by atoms with E-state index in [0.717, 1.165) is 16.4 Å². The summed E-state index contributed by atoms with van der Waals surface area (Å²) in [5.74, 6) is -4.00. The summed E-state index contributed by atoms with van der Waals surface area (Å²) in [6.45, 7) is -0.773. The number of amides is 1. The molecule has 0 saturated carbocycles. The minimum Gasteiger partial charge on any atom is -0.452 e.